The summed E-state index contributed by atoms with van der Waals surface area (Å²) in [7, 11) is -3.49. The van der Waals surface area contributed by atoms with Crippen molar-refractivity contribution >= 4 is 10.0 Å². The van der Waals surface area contributed by atoms with Crippen LogP contribution in [-0.4, -0.2) is 37.0 Å². The summed E-state index contributed by atoms with van der Waals surface area (Å²) in [5.74, 6) is 0.531. The second-order valence-corrected chi connectivity index (χ2v) is 6.86. The van der Waals surface area contributed by atoms with Crippen molar-refractivity contribution in [3.05, 3.63) is 23.8 Å². The van der Waals surface area contributed by atoms with Gasteiger partial charge in [-0.25, -0.2) is 8.42 Å². The zero-order chi connectivity index (χ0) is 14.8. The van der Waals surface area contributed by atoms with Crippen LogP contribution >= 0.6 is 0 Å². The highest BCUT2D eigenvalue weighted by Crippen LogP contribution is 2.29. The molecule has 1 aromatic rings. The van der Waals surface area contributed by atoms with Gasteiger partial charge in [-0.1, -0.05) is 0 Å². The van der Waals surface area contributed by atoms with E-state index in [4.69, 9.17) is 4.74 Å². The molecule has 0 aliphatic carbocycles. The van der Waals surface area contributed by atoms with Gasteiger partial charge in [0.15, 0.2) is 0 Å². The maximum absolute atomic E-state index is 12.6. The van der Waals surface area contributed by atoms with Crippen LogP contribution in [-0.2, 0) is 16.6 Å². The van der Waals surface area contributed by atoms with Crippen LogP contribution in [0.2, 0.25) is 0 Å². The van der Waals surface area contributed by atoms with Gasteiger partial charge in [-0.15, -0.1) is 0 Å². The predicted molar refractivity (Wildman–Crippen MR) is 76.1 cm³/mol. The Morgan fingerprint density at radius 2 is 2.20 bits per heavy atom. The fourth-order valence-electron chi connectivity index (χ4n) is 2.54. The van der Waals surface area contributed by atoms with Gasteiger partial charge < -0.3 is 9.84 Å². The number of rotatable bonds is 5. The number of aliphatic hydroxyl groups excluding tert-OH is 1. The van der Waals surface area contributed by atoms with E-state index in [1.54, 1.807) is 12.1 Å². The molecule has 1 N–H and O–H groups in total. The quantitative estimate of drug-likeness (QED) is 0.899. The lowest BCUT2D eigenvalue weighted by Crippen LogP contribution is -2.33. The molecule has 1 heterocycles. The molecule has 1 aliphatic rings. The number of hydrogen-bond donors (Lipinski definition) is 1. The molecule has 1 fully saturated rings. The molecular weight excluding hydrogens is 278 g/mol. The van der Waals surface area contributed by atoms with E-state index in [2.05, 4.69) is 0 Å². The standard InChI is InChI=1S/C14H21NO4S/c1-3-19-14-7-6-13(9-12(14)10-16)20(17,18)15-8-4-5-11(15)2/h6-7,9,11,16H,3-5,8,10H2,1-2H3. The summed E-state index contributed by atoms with van der Waals surface area (Å²) in [6.07, 6.45) is 1.79. The first-order valence-electron chi connectivity index (χ1n) is 6.89. The first-order valence-corrected chi connectivity index (χ1v) is 8.33. The average molecular weight is 299 g/mol. The van der Waals surface area contributed by atoms with Crippen LogP contribution in [0.5, 0.6) is 5.75 Å². The highest BCUT2D eigenvalue weighted by Gasteiger charge is 2.32. The highest BCUT2D eigenvalue weighted by molar-refractivity contribution is 7.89. The van der Waals surface area contributed by atoms with E-state index in [1.165, 1.54) is 10.4 Å². The van der Waals surface area contributed by atoms with Crippen molar-refractivity contribution in [2.75, 3.05) is 13.2 Å². The number of sulfonamides is 1. The van der Waals surface area contributed by atoms with Crippen LogP contribution in [0.1, 0.15) is 32.3 Å². The third-order valence-electron chi connectivity index (χ3n) is 3.60. The molecule has 2 rings (SSSR count). The van der Waals surface area contributed by atoms with Gasteiger partial charge in [0.2, 0.25) is 10.0 Å². The highest BCUT2D eigenvalue weighted by atomic mass is 32.2. The van der Waals surface area contributed by atoms with Crippen molar-refractivity contribution in [3.8, 4) is 5.75 Å². The Morgan fingerprint density at radius 3 is 2.75 bits per heavy atom. The Kier molecular flexibility index (Phi) is 4.67. The van der Waals surface area contributed by atoms with Gasteiger partial charge in [-0.05, 0) is 44.9 Å². The van der Waals surface area contributed by atoms with Crippen molar-refractivity contribution in [3.63, 3.8) is 0 Å². The molecule has 1 aliphatic heterocycles. The normalized spacial score (nSPS) is 20.2. The molecule has 0 amide bonds. The van der Waals surface area contributed by atoms with E-state index in [1.807, 2.05) is 13.8 Å². The Morgan fingerprint density at radius 1 is 1.45 bits per heavy atom. The summed E-state index contributed by atoms with van der Waals surface area (Å²) >= 11 is 0. The zero-order valence-electron chi connectivity index (χ0n) is 11.9. The molecule has 0 saturated carbocycles. The molecular formula is C14H21NO4S. The van der Waals surface area contributed by atoms with E-state index in [-0.39, 0.29) is 17.5 Å². The van der Waals surface area contributed by atoms with Crippen molar-refractivity contribution < 1.29 is 18.3 Å². The largest absolute Gasteiger partial charge is 0.494 e. The maximum Gasteiger partial charge on any atom is 0.243 e. The third kappa shape index (κ3) is 2.82. The Hall–Kier alpha value is -1.11. The van der Waals surface area contributed by atoms with Crippen molar-refractivity contribution in [1.82, 2.24) is 4.31 Å². The van der Waals surface area contributed by atoms with Crippen molar-refractivity contribution in [2.45, 2.75) is 44.2 Å². The Balaban J connectivity index is 2.37. The summed E-state index contributed by atoms with van der Waals surface area (Å²) in [6, 6.07) is 4.70. The minimum atomic E-state index is -3.49. The van der Waals surface area contributed by atoms with E-state index < -0.39 is 10.0 Å². The van der Waals surface area contributed by atoms with Gasteiger partial charge in [-0.2, -0.15) is 4.31 Å². The lowest BCUT2D eigenvalue weighted by Gasteiger charge is -2.21. The molecule has 20 heavy (non-hydrogen) atoms. The number of ether oxygens (including phenoxy) is 1. The number of aliphatic hydroxyl groups is 1. The molecule has 1 aromatic carbocycles. The van der Waals surface area contributed by atoms with Gasteiger partial charge in [0, 0.05) is 18.2 Å². The predicted octanol–water partition coefficient (Wildman–Crippen LogP) is 1.75. The second kappa shape index (κ2) is 6.11. The van der Waals surface area contributed by atoms with Crippen LogP contribution in [0, 0.1) is 0 Å². The fourth-order valence-corrected chi connectivity index (χ4v) is 4.29. The van der Waals surface area contributed by atoms with Gasteiger partial charge in [-0.3, -0.25) is 0 Å². The summed E-state index contributed by atoms with van der Waals surface area (Å²) < 4.78 is 32.1. The first kappa shape index (κ1) is 15.3. The lowest BCUT2D eigenvalue weighted by molar-refractivity contribution is 0.266. The van der Waals surface area contributed by atoms with Crippen molar-refractivity contribution in [1.29, 1.82) is 0 Å². The Bertz CT molecular complexity index is 571. The molecule has 6 heteroatoms. The van der Waals surface area contributed by atoms with Crippen LogP contribution in [0.4, 0.5) is 0 Å². The summed E-state index contributed by atoms with van der Waals surface area (Å²) in [5.41, 5.74) is 0.500. The number of hydrogen-bond acceptors (Lipinski definition) is 4. The van der Waals surface area contributed by atoms with Gasteiger partial charge in [0.05, 0.1) is 18.1 Å². The minimum Gasteiger partial charge on any atom is -0.494 e. The summed E-state index contributed by atoms with van der Waals surface area (Å²) in [5, 5.41) is 9.36. The molecule has 0 aromatic heterocycles. The molecule has 112 valence electrons. The second-order valence-electron chi connectivity index (χ2n) is 4.97. The number of benzene rings is 1. The SMILES string of the molecule is CCOc1ccc(S(=O)(=O)N2CCCC2C)cc1CO. The molecule has 0 bridgehead atoms. The van der Waals surface area contributed by atoms with Crippen LogP contribution < -0.4 is 4.74 Å². The summed E-state index contributed by atoms with van der Waals surface area (Å²) in [4.78, 5) is 0.221. The maximum atomic E-state index is 12.6. The fraction of sp³-hybridized carbons (Fsp3) is 0.571. The van der Waals surface area contributed by atoms with E-state index in [9.17, 15) is 13.5 Å². The number of nitrogens with zero attached hydrogens (tertiary/aromatic N) is 1. The van der Waals surface area contributed by atoms with E-state index >= 15 is 0 Å². The molecule has 1 unspecified atom stereocenters. The molecule has 1 atom stereocenters. The molecule has 5 nitrogen and oxygen atoms in total. The topological polar surface area (TPSA) is 66.8 Å². The first-order chi connectivity index (χ1) is 9.50. The van der Waals surface area contributed by atoms with Crippen LogP contribution in [0.25, 0.3) is 0 Å². The third-order valence-corrected chi connectivity index (χ3v) is 5.61. The minimum absolute atomic E-state index is 0.0316. The van der Waals surface area contributed by atoms with E-state index in [0.717, 1.165) is 12.8 Å². The summed E-state index contributed by atoms with van der Waals surface area (Å²) in [6.45, 7) is 4.56. The van der Waals surface area contributed by atoms with Crippen LogP contribution in [0.15, 0.2) is 23.1 Å². The van der Waals surface area contributed by atoms with E-state index in [0.29, 0.717) is 24.5 Å². The van der Waals surface area contributed by atoms with Crippen molar-refractivity contribution in [2.24, 2.45) is 0 Å². The van der Waals surface area contributed by atoms with Gasteiger partial charge in [0.25, 0.3) is 0 Å². The van der Waals surface area contributed by atoms with Crippen LogP contribution in [0.3, 0.4) is 0 Å². The van der Waals surface area contributed by atoms with Gasteiger partial charge >= 0.3 is 0 Å². The van der Waals surface area contributed by atoms with Gasteiger partial charge in [0.1, 0.15) is 5.75 Å². The molecule has 0 spiro atoms. The Labute approximate surface area is 120 Å². The zero-order valence-corrected chi connectivity index (χ0v) is 12.7. The average Bonchev–Trinajstić information content (AvgIpc) is 2.86. The lowest BCUT2D eigenvalue weighted by atomic mass is 10.2. The molecule has 0 radical (unpaired) electrons. The monoisotopic (exact) mass is 299 g/mol. The molecule has 1 saturated heterocycles. The smallest absolute Gasteiger partial charge is 0.243 e.